The fourth-order valence-corrected chi connectivity index (χ4v) is 4.20. The van der Waals surface area contributed by atoms with Crippen molar-refractivity contribution in [3.05, 3.63) is 53.2 Å². The second-order valence-electron chi connectivity index (χ2n) is 7.77. The van der Waals surface area contributed by atoms with Gasteiger partial charge >= 0.3 is 0 Å². The summed E-state index contributed by atoms with van der Waals surface area (Å²) < 4.78 is 13.2. The quantitative estimate of drug-likeness (QED) is 0.870. The molecule has 27 heavy (non-hydrogen) atoms. The molecule has 0 radical (unpaired) electrons. The summed E-state index contributed by atoms with van der Waals surface area (Å²) in [4.78, 5) is 11.6. The van der Waals surface area contributed by atoms with Gasteiger partial charge in [0.05, 0.1) is 11.3 Å². The third-order valence-corrected chi connectivity index (χ3v) is 5.86. The molecular formula is C21H27FN4O. The van der Waals surface area contributed by atoms with Gasteiger partial charge in [-0.15, -0.1) is 0 Å². The van der Waals surface area contributed by atoms with Crippen LogP contribution in [0, 0.1) is 12.7 Å². The molecule has 2 aromatic rings. The molecule has 6 heteroatoms. The molecule has 0 saturated carbocycles. The number of benzene rings is 1. The molecule has 1 aromatic heterocycles. The third-order valence-electron chi connectivity index (χ3n) is 5.86. The van der Waals surface area contributed by atoms with Crippen molar-refractivity contribution in [1.29, 1.82) is 0 Å². The lowest BCUT2D eigenvalue weighted by molar-refractivity contribution is 0.0116. The SMILES string of the molecule is Cc1nc([C@@H]2CCCNC2)cc(N2CCC(O)(c3ccc(F)cc3)CC2)n1. The van der Waals surface area contributed by atoms with Gasteiger partial charge in [-0.3, -0.25) is 0 Å². The molecule has 2 aliphatic rings. The van der Waals surface area contributed by atoms with E-state index in [2.05, 4.69) is 26.3 Å². The van der Waals surface area contributed by atoms with Crippen LogP contribution < -0.4 is 10.2 Å². The highest BCUT2D eigenvalue weighted by Crippen LogP contribution is 2.35. The predicted octanol–water partition coefficient (Wildman–Crippen LogP) is 2.88. The Morgan fingerprint density at radius 1 is 1.19 bits per heavy atom. The summed E-state index contributed by atoms with van der Waals surface area (Å²) in [6.07, 6.45) is 3.54. The van der Waals surface area contributed by atoms with Gasteiger partial charge in [0.2, 0.25) is 0 Å². The molecule has 0 spiro atoms. The van der Waals surface area contributed by atoms with E-state index >= 15 is 0 Å². The van der Waals surface area contributed by atoms with Gasteiger partial charge in [0.1, 0.15) is 17.5 Å². The molecule has 2 N–H and O–H groups in total. The van der Waals surface area contributed by atoms with E-state index in [9.17, 15) is 9.50 Å². The van der Waals surface area contributed by atoms with E-state index in [1.54, 1.807) is 12.1 Å². The van der Waals surface area contributed by atoms with E-state index in [0.29, 0.717) is 31.8 Å². The summed E-state index contributed by atoms with van der Waals surface area (Å²) in [6, 6.07) is 8.32. The van der Waals surface area contributed by atoms with Crippen molar-refractivity contribution in [2.45, 2.75) is 44.1 Å². The topological polar surface area (TPSA) is 61.3 Å². The Hall–Kier alpha value is -2.05. The molecule has 0 amide bonds. The van der Waals surface area contributed by atoms with E-state index in [1.807, 2.05) is 6.92 Å². The number of anilines is 1. The third kappa shape index (κ3) is 3.96. The van der Waals surface area contributed by atoms with Crippen molar-refractivity contribution in [2.24, 2.45) is 0 Å². The van der Waals surface area contributed by atoms with E-state index in [4.69, 9.17) is 0 Å². The molecule has 0 aliphatic carbocycles. The highest BCUT2D eigenvalue weighted by Gasteiger charge is 2.34. The Morgan fingerprint density at radius 2 is 1.93 bits per heavy atom. The molecule has 0 bridgehead atoms. The number of nitrogens with one attached hydrogen (secondary N) is 1. The maximum atomic E-state index is 13.2. The second-order valence-corrected chi connectivity index (χ2v) is 7.77. The zero-order chi connectivity index (χ0) is 18.9. The van der Waals surface area contributed by atoms with Crippen LogP contribution in [0.25, 0.3) is 0 Å². The van der Waals surface area contributed by atoms with Gasteiger partial charge in [0.25, 0.3) is 0 Å². The van der Waals surface area contributed by atoms with E-state index in [1.165, 1.54) is 18.6 Å². The number of hydrogen-bond donors (Lipinski definition) is 2. The van der Waals surface area contributed by atoms with E-state index in [0.717, 1.165) is 42.4 Å². The lowest BCUT2D eigenvalue weighted by atomic mass is 9.84. The first-order chi connectivity index (χ1) is 13.0. The molecule has 5 nitrogen and oxygen atoms in total. The number of hydrogen-bond acceptors (Lipinski definition) is 5. The molecule has 1 aromatic carbocycles. The van der Waals surface area contributed by atoms with Crippen LogP contribution in [-0.4, -0.2) is 41.3 Å². The van der Waals surface area contributed by atoms with Gasteiger partial charge in [-0.25, -0.2) is 14.4 Å². The number of aliphatic hydroxyl groups is 1. The summed E-state index contributed by atoms with van der Waals surface area (Å²) in [5.41, 5.74) is 1.00. The van der Waals surface area contributed by atoms with E-state index < -0.39 is 5.60 Å². The molecule has 144 valence electrons. The first kappa shape index (κ1) is 18.3. The Morgan fingerprint density at radius 3 is 2.59 bits per heavy atom. The molecule has 2 saturated heterocycles. The van der Waals surface area contributed by atoms with E-state index in [-0.39, 0.29) is 5.82 Å². The van der Waals surface area contributed by atoms with Crippen molar-refractivity contribution < 1.29 is 9.50 Å². The van der Waals surface area contributed by atoms with Gasteiger partial charge in [0.15, 0.2) is 0 Å². The minimum absolute atomic E-state index is 0.277. The fourth-order valence-electron chi connectivity index (χ4n) is 4.20. The van der Waals surface area contributed by atoms with Gasteiger partial charge < -0.3 is 15.3 Å². The van der Waals surface area contributed by atoms with Crippen LogP contribution in [0.3, 0.4) is 0 Å². The lowest BCUT2D eigenvalue weighted by Crippen LogP contribution is -2.43. The van der Waals surface area contributed by atoms with Crippen LogP contribution >= 0.6 is 0 Å². The van der Waals surface area contributed by atoms with Crippen molar-refractivity contribution in [3.8, 4) is 0 Å². The monoisotopic (exact) mass is 370 g/mol. The minimum atomic E-state index is -0.900. The second kappa shape index (κ2) is 7.52. The van der Waals surface area contributed by atoms with Gasteiger partial charge in [-0.2, -0.15) is 0 Å². The number of rotatable bonds is 3. The smallest absolute Gasteiger partial charge is 0.132 e. The number of aryl methyl sites for hydroxylation is 1. The largest absolute Gasteiger partial charge is 0.385 e. The van der Waals surface area contributed by atoms with Gasteiger partial charge in [-0.1, -0.05) is 12.1 Å². The first-order valence-electron chi connectivity index (χ1n) is 9.83. The Bertz CT molecular complexity index is 781. The maximum absolute atomic E-state index is 13.2. The number of piperidine rings is 2. The summed E-state index contributed by atoms with van der Waals surface area (Å²) in [5.74, 6) is 1.91. The van der Waals surface area contributed by atoms with Crippen LogP contribution in [0.2, 0.25) is 0 Å². The average Bonchev–Trinajstić information content (AvgIpc) is 2.69. The Kier molecular flexibility index (Phi) is 5.10. The highest BCUT2D eigenvalue weighted by molar-refractivity contribution is 5.42. The average molecular weight is 370 g/mol. The van der Waals surface area contributed by atoms with Crippen LogP contribution in [0.1, 0.15) is 48.7 Å². The molecule has 4 rings (SSSR count). The Balaban J connectivity index is 1.49. The molecule has 0 unspecified atom stereocenters. The zero-order valence-electron chi connectivity index (χ0n) is 15.8. The maximum Gasteiger partial charge on any atom is 0.132 e. The van der Waals surface area contributed by atoms with Gasteiger partial charge in [-0.05, 0) is 56.8 Å². The van der Waals surface area contributed by atoms with Crippen LogP contribution in [0.15, 0.2) is 30.3 Å². The molecular weight excluding hydrogens is 343 g/mol. The zero-order valence-corrected chi connectivity index (χ0v) is 15.8. The number of aromatic nitrogens is 2. The van der Waals surface area contributed by atoms with Gasteiger partial charge in [0, 0.05) is 31.6 Å². The molecule has 3 heterocycles. The standard InChI is InChI=1S/C21H27FN4O/c1-15-24-19(16-3-2-10-23-14-16)13-20(25-15)26-11-8-21(27,9-12-26)17-4-6-18(22)7-5-17/h4-7,13,16,23,27H,2-3,8-12,14H2,1H3/t16-/m1/s1. The summed E-state index contributed by atoms with van der Waals surface area (Å²) in [7, 11) is 0. The fraction of sp³-hybridized carbons (Fsp3) is 0.524. The number of halogens is 1. The van der Waals surface area contributed by atoms with Crippen LogP contribution in [0.5, 0.6) is 0 Å². The summed E-state index contributed by atoms with van der Waals surface area (Å²) in [5, 5.41) is 14.5. The van der Waals surface area contributed by atoms with Crippen molar-refractivity contribution in [3.63, 3.8) is 0 Å². The first-order valence-corrected chi connectivity index (χ1v) is 9.83. The highest BCUT2D eigenvalue weighted by atomic mass is 19.1. The minimum Gasteiger partial charge on any atom is -0.385 e. The van der Waals surface area contributed by atoms with Crippen LogP contribution in [0.4, 0.5) is 10.2 Å². The molecule has 2 aliphatic heterocycles. The van der Waals surface area contributed by atoms with Crippen molar-refractivity contribution in [1.82, 2.24) is 15.3 Å². The normalized spacial score (nSPS) is 22.6. The van der Waals surface area contributed by atoms with Crippen molar-refractivity contribution in [2.75, 3.05) is 31.1 Å². The Labute approximate surface area is 159 Å². The lowest BCUT2D eigenvalue weighted by Gasteiger charge is -2.39. The number of nitrogens with zero attached hydrogens (tertiary/aromatic N) is 3. The predicted molar refractivity (Wildman–Crippen MR) is 103 cm³/mol. The molecule has 2 fully saturated rings. The summed E-state index contributed by atoms with van der Waals surface area (Å²) in [6.45, 7) is 5.43. The molecule has 1 atom stereocenters. The summed E-state index contributed by atoms with van der Waals surface area (Å²) >= 11 is 0. The van der Waals surface area contributed by atoms with Crippen molar-refractivity contribution >= 4 is 5.82 Å². The van der Waals surface area contributed by atoms with Crippen LogP contribution in [-0.2, 0) is 5.60 Å².